The second kappa shape index (κ2) is 6.69. The van der Waals surface area contributed by atoms with Gasteiger partial charge in [-0.05, 0) is 15.9 Å². The van der Waals surface area contributed by atoms with E-state index in [-0.39, 0.29) is 11.5 Å². The van der Waals surface area contributed by atoms with Gasteiger partial charge in [-0.3, -0.25) is 14.6 Å². The summed E-state index contributed by atoms with van der Waals surface area (Å²) in [4.78, 5) is 26.9. The number of benzene rings is 1. The largest absolute Gasteiger partial charge is 0.481 e. The molecule has 6 nitrogen and oxygen atoms in total. The van der Waals surface area contributed by atoms with E-state index < -0.39 is 5.97 Å². The second-order valence-electron chi connectivity index (χ2n) is 3.50. The third-order valence-corrected chi connectivity index (χ3v) is 2.66. The maximum Gasteiger partial charge on any atom is 0.300 e. The Kier molecular flexibility index (Phi) is 5.25. The van der Waals surface area contributed by atoms with Crippen LogP contribution in [0.4, 0.5) is 5.95 Å². The number of aromatic nitrogens is 2. The fourth-order valence-corrected chi connectivity index (χ4v) is 1.68. The molecule has 0 aliphatic rings. The summed E-state index contributed by atoms with van der Waals surface area (Å²) >= 11 is 3.19. The standard InChI is InChI=1S/C10H8BrN3O.C2H4O2/c11-7-8(6-4-2-1-3-5-6)13-10(12)14-9(7)15;1-2(3)4/h1-5H,(H3,12,13,14,15);1H3,(H,3,4). The number of anilines is 1. The van der Waals surface area contributed by atoms with Gasteiger partial charge in [0.25, 0.3) is 11.5 Å². The number of carbonyl (C=O) groups is 1. The van der Waals surface area contributed by atoms with Crippen molar-refractivity contribution in [2.45, 2.75) is 6.92 Å². The van der Waals surface area contributed by atoms with E-state index in [9.17, 15) is 4.79 Å². The molecule has 0 atom stereocenters. The summed E-state index contributed by atoms with van der Waals surface area (Å²) in [5.41, 5.74) is 6.60. The van der Waals surface area contributed by atoms with E-state index in [1.165, 1.54) is 0 Å². The van der Waals surface area contributed by atoms with Crippen molar-refractivity contribution >= 4 is 27.8 Å². The lowest BCUT2D eigenvalue weighted by Crippen LogP contribution is -2.13. The van der Waals surface area contributed by atoms with Crippen molar-refractivity contribution in [3.8, 4) is 11.3 Å². The average Bonchev–Trinajstić information content (AvgIpc) is 2.34. The number of rotatable bonds is 1. The van der Waals surface area contributed by atoms with Crippen LogP contribution < -0.4 is 11.3 Å². The number of carboxylic acid groups (broad SMARTS) is 1. The van der Waals surface area contributed by atoms with Gasteiger partial charge < -0.3 is 10.8 Å². The van der Waals surface area contributed by atoms with Gasteiger partial charge in [-0.1, -0.05) is 30.3 Å². The fourth-order valence-electron chi connectivity index (χ4n) is 1.26. The number of carboxylic acids is 1. The van der Waals surface area contributed by atoms with Crippen LogP contribution in [0.3, 0.4) is 0 Å². The molecule has 0 amide bonds. The highest BCUT2D eigenvalue weighted by molar-refractivity contribution is 9.10. The van der Waals surface area contributed by atoms with Crippen molar-refractivity contribution in [1.29, 1.82) is 0 Å². The lowest BCUT2D eigenvalue weighted by molar-refractivity contribution is -0.134. The predicted molar refractivity (Wildman–Crippen MR) is 75.7 cm³/mol. The summed E-state index contributed by atoms with van der Waals surface area (Å²) in [6.45, 7) is 1.08. The van der Waals surface area contributed by atoms with E-state index in [4.69, 9.17) is 15.6 Å². The first-order valence-corrected chi connectivity index (χ1v) is 6.01. The van der Waals surface area contributed by atoms with Gasteiger partial charge >= 0.3 is 0 Å². The Hall–Kier alpha value is -2.15. The van der Waals surface area contributed by atoms with Crippen LogP contribution in [-0.4, -0.2) is 21.0 Å². The minimum Gasteiger partial charge on any atom is -0.481 e. The summed E-state index contributed by atoms with van der Waals surface area (Å²) in [6, 6.07) is 9.38. The van der Waals surface area contributed by atoms with Crippen molar-refractivity contribution < 1.29 is 9.90 Å². The van der Waals surface area contributed by atoms with Crippen LogP contribution in [0.15, 0.2) is 39.6 Å². The molecule has 0 fully saturated rings. The second-order valence-corrected chi connectivity index (χ2v) is 4.29. The Morgan fingerprint density at radius 1 is 1.37 bits per heavy atom. The van der Waals surface area contributed by atoms with Crippen LogP contribution in [0.25, 0.3) is 11.3 Å². The lowest BCUT2D eigenvalue weighted by atomic mass is 10.1. The third-order valence-electron chi connectivity index (χ3n) is 1.93. The summed E-state index contributed by atoms with van der Waals surface area (Å²) in [6.07, 6.45) is 0. The monoisotopic (exact) mass is 325 g/mol. The molecule has 0 bridgehead atoms. The molecular weight excluding hydrogens is 314 g/mol. The van der Waals surface area contributed by atoms with E-state index in [0.717, 1.165) is 12.5 Å². The normalized spacial score (nSPS) is 9.37. The van der Waals surface area contributed by atoms with E-state index >= 15 is 0 Å². The van der Waals surface area contributed by atoms with Gasteiger partial charge in [0.15, 0.2) is 0 Å². The molecule has 1 aromatic carbocycles. The molecule has 1 aromatic heterocycles. The SMILES string of the molecule is CC(=O)O.Nc1nc(-c2ccccc2)c(Br)c(=O)[nH]1. The molecule has 0 aliphatic carbocycles. The molecule has 19 heavy (non-hydrogen) atoms. The molecule has 0 saturated heterocycles. The fraction of sp³-hybridized carbons (Fsp3) is 0.0833. The Morgan fingerprint density at radius 2 is 1.89 bits per heavy atom. The van der Waals surface area contributed by atoms with Gasteiger partial charge in [0.2, 0.25) is 5.95 Å². The van der Waals surface area contributed by atoms with E-state index in [1.807, 2.05) is 30.3 Å². The molecule has 0 aliphatic heterocycles. The molecule has 4 N–H and O–H groups in total. The van der Waals surface area contributed by atoms with E-state index in [0.29, 0.717) is 10.2 Å². The summed E-state index contributed by atoms with van der Waals surface area (Å²) < 4.78 is 0.392. The Morgan fingerprint density at radius 3 is 2.42 bits per heavy atom. The highest BCUT2D eigenvalue weighted by atomic mass is 79.9. The molecule has 7 heteroatoms. The molecule has 0 spiro atoms. The molecular formula is C12H12BrN3O3. The first kappa shape index (κ1) is 14.9. The van der Waals surface area contributed by atoms with E-state index in [2.05, 4.69) is 25.9 Å². The van der Waals surface area contributed by atoms with Crippen LogP contribution in [-0.2, 0) is 4.79 Å². The van der Waals surface area contributed by atoms with Crippen molar-refractivity contribution in [2.75, 3.05) is 5.73 Å². The van der Waals surface area contributed by atoms with Gasteiger partial charge in [0, 0.05) is 12.5 Å². The predicted octanol–water partition coefficient (Wildman–Crippen LogP) is 1.87. The van der Waals surface area contributed by atoms with Crippen LogP contribution in [0.5, 0.6) is 0 Å². The number of aromatic amines is 1. The molecule has 0 saturated carbocycles. The minimum absolute atomic E-state index is 0.113. The number of hydrogen-bond donors (Lipinski definition) is 3. The van der Waals surface area contributed by atoms with Crippen molar-refractivity contribution in [3.63, 3.8) is 0 Å². The van der Waals surface area contributed by atoms with Crippen LogP contribution in [0.1, 0.15) is 6.92 Å². The quantitative estimate of drug-likeness (QED) is 0.741. The van der Waals surface area contributed by atoms with Gasteiger partial charge in [0.05, 0.1) is 5.69 Å². The molecule has 0 unspecified atom stereocenters. The maximum atomic E-state index is 11.4. The lowest BCUT2D eigenvalue weighted by Gasteiger charge is -2.03. The van der Waals surface area contributed by atoms with Gasteiger partial charge in [-0.15, -0.1) is 0 Å². The number of nitrogen functional groups attached to an aromatic ring is 1. The number of nitrogens with zero attached hydrogens (tertiary/aromatic N) is 1. The number of aliphatic carboxylic acids is 1. The van der Waals surface area contributed by atoms with Crippen LogP contribution in [0, 0.1) is 0 Å². The zero-order valence-corrected chi connectivity index (χ0v) is 11.6. The van der Waals surface area contributed by atoms with Gasteiger partial charge in [-0.2, -0.15) is 0 Å². The number of halogens is 1. The zero-order chi connectivity index (χ0) is 14.4. The van der Waals surface area contributed by atoms with Crippen molar-refractivity contribution in [3.05, 3.63) is 45.2 Å². The van der Waals surface area contributed by atoms with E-state index in [1.54, 1.807) is 0 Å². The highest BCUT2D eigenvalue weighted by Crippen LogP contribution is 2.22. The molecule has 2 rings (SSSR count). The third kappa shape index (κ3) is 4.55. The maximum absolute atomic E-state index is 11.4. The molecule has 1 heterocycles. The topological polar surface area (TPSA) is 109 Å². The smallest absolute Gasteiger partial charge is 0.300 e. The summed E-state index contributed by atoms with van der Waals surface area (Å²) in [7, 11) is 0. The van der Waals surface area contributed by atoms with Crippen molar-refractivity contribution in [1.82, 2.24) is 9.97 Å². The first-order chi connectivity index (χ1) is 8.91. The summed E-state index contributed by atoms with van der Waals surface area (Å²) in [5.74, 6) is -0.720. The Bertz CT molecular complexity index is 622. The Balaban J connectivity index is 0.000000399. The number of nitrogens with one attached hydrogen (secondary N) is 1. The number of nitrogens with two attached hydrogens (primary N) is 1. The summed E-state index contributed by atoms with van der Waals surface area (Å²) in [5, 5.41) is 7.42. The number of hydrogen-bond acceptors (Lipinski definition) is 4. The van der Waals surface area contributed by atoms with Gasteiger partial charge in [-0.25, -0.2) is 4.98 Å². The Labute approximate surface area is 117 Å². The van der Waals surface area contributed by atoms with Gasteiger partial charge in [0.1, 0.15) is 4.47 Å². The highest BCUT2D eigenvalue weighted by Gasteiger charge is 2.08. The minimum atomic E-state index is -0.833. The van der Waals surface area contributed by atoms with Crippen molar-refractivity contribution in [2.24, 2.45) is 0 Å². The number of H-pyrrole nitrogens is 1. The molecule has 0 radical (unpaired) electrons. The molecule has 100 valence electrons. The zero-order valence-electron chi connectivity index (χ0n) is 10.1. The average molecular weight is 326 g/mol. The first-order valence-electron chi connectivity index (χ1n) is 5.22. The van der Waals surface area contributed by atoms with Crippen LogP contribution >= 0.6 is 15.9 Å². The van der Waals surface area contributed by atoms with Crippen LogP contribution in [0.2, 0.25) is 0 Å². The molecule has 2 aromatic rings.